The molecule has 2 N–H and O–H groups in total. The van der Waals surface area contributed by atoms with E-state index in [0.29, 0.717) is 22.2 Å². The molecule has 2 aromatic heterocycles. The average molecular weight is 320 g/mol. The number of nitrogens with zero attached hydrogens (tertiary/aromatic N) is 2. The number of rotatable bonds is 3. The highest BCUT2D eigenvalue weighted by Gasteiger charge is 2.18. The number of hydrogen-bond donors (Lipinski definition) is 1. The molecule has 0 unspecified atom stereocenters. The van der Waals surface area contributed by atoms with Gasteiger partial charge in [0.1, 0.15) is 10.7 Å². The van der Waals surface area contributed by atoms with Crippen molar-refractivity contribution in [2.24, 2.45) is 5.73 Å². The summed E-state index contributed by atoms with van der Waals surface area (Å²) in [6.45, 7) is 0. The van der Waals surface area contributed by atoms with Crippen molar-refractivity contribution in [1.82, 2.24) is 9.97 Å². The summed E-state index contributed by atoms with van der Waals surface area (Å²) >= 11 is 11.0. The molecule has 2 heterocycles. The fraction of sp³-hybridized carbons (Fsp3) is 0.267. The molecule has 0 radical (unpaired) electrons. The van der Waals surface area contributed by atoms with Gasteiger partial charge in [0, 0.05) is 18.0 Å². The average Bonchev–Trinajstić information content (AvgIpc) is 2.46. The molecule has 0 atom stereocenters. The van der Waals surface area contributed by atoms with E-state index in [9.17, 15) is 0 Å². The van der Waals surface area contributed by atoms with Gasteiger partial charge in [-0.05, 0) is 37.3 Å². The Labute approximate surface area is 133 Å². The van der Waals surface area contributed by atoms with Crippen molar-refractivity contribution in [3.63, 3.8) is 0 Å². The number of hydrogen-bond acceptors (Lipinski definition) is 4. The van der Waals surface area contributed by atoms with Crippen LogP contribution in [0.4, 0.5) is 0 Å². The number of ether oxygens (including phenoxy) is 1. The first kappa shape index (κ1) is 14.2. The third-order valence-electron chi connectivity index (χ3n) is 3.43. The lowest BCUT2D eigenvalue weighted by atomic mass is 9.95. The van der Waals surface area contributed by atoms with Crippen LogP contribution in [-0.2, 0) is 12.8 Å². The molecule has 1 aliphatic carbocycles. The van der Waals surface area contributed by atoms with Gasteiger partial charge in [0.25, 0.3) is 0 Å². The fourth-order valence-corrected chi connectivity index (χ4v) is 2.74. The second-order valence-corrected chi connectivity index (χ2v) is 5.84. The predicted molar refractivity (Wildman–Crippen MR) is 86.1 cm³/mol. The molecule has 0 saturated carbocycles. The lowest BCUT2D eigenvalue weighted by Crippen LogP contribution is -2.15. The van der Waals surface area contributed by atoms with Crippen molar-refractivity contribution < 1.29 is 4.74 Å². The van der Waals surface area contributed by atoms with Crippen molar-refractivity contribution in [3.05, 3.63) is 46.4 Å². The number of pyridine rings is 2. The van der Waals surface area contributed by atoms with Crippen LogP contribution < -0.4 is 10.5 Å². The number of fused-ring (bicyclic) bond motifs is 1. The smallest absolute Gasteiger partial charge is 0.229 e. The van der Waals surface area contributed by atoms with Crippen LogP contribution in [0.1, 0.15) is 29.7 Å². The molecular formula is C15H14ClN3OS. The van der Waals surface area contributed by atoms with Crippen molar-refractivity contribution >= 4 is 28.8 Å². The zero-order valence-corrected chi connectivity index (χ0v) is 12.9. The highest BCUT2D eigenvalue weighted by atomic mass is 35.5. The highest BCUT2D eigenvalue weighted by molar-refractivity contribution is 7.80. The van der Waals surface area contributed by atoms with E-state index >= 15 is 0 Å². The zero-order chi connectivity index (χ0) is 14.8. The Morgan fingerprint density at radius 1 is 1.24 bits per heavy atom. The molecule has 21 heavy (non-hydrogen) atoms. The first-order chi connectivity index (χ1) is 10.1. The lowest BCUT2D eigenvalue weighted by Gasteiger charge is -2.18. The summed E-state index contributed by atoms with van der Waals surface area (Å²) in [6.07, 6.45) is 7.40. The van der Waals surface area contributed by atoms with Gasteiger partial charge in [0.15, 0.2) is 0 Å². The molecule has 2 aromatic rings. The Morgan fingerprint density at radius 2 is 2.05 bits per heavy atom. The topological polar surface area (TPSA) is 61.0 Å². The summed E-state index contributed by atoms with van der Waals surface area (Å²) in [6, 6.07) is 3.68. The second kappa shape index (κ2) is 5.95. The van der Waals surface area contributed by atoms with E-state index < -0.39 is 0 Å². The van der Waals surface area contributed by atoms with Crippen LogP contribution in [0.3, 0.4) is 0 Å². The molecule has 6 heteroatoms. The minimum atomic E-state index is 0.279. The SMILES string of the molecule is NC(=S)c1cc2c(nc1Oc1cncc(Cl)c1)CCCC2. The Balaban J connectivity index is 2.01. The van der Waals surface area contributed by atoms with Crippen LogP contribution in [-0.4, -0.2) is 15.0 Å². The maximum absolute atomic E-state index is 5.92. The molecule has 0 aromatic carbocycles. The van der Waals surface area contributed by atoms with E-state index in [-0.39, 0.29) is 4.99 Å². The van der Waals surface area contributed by atoms with E-state index in [1.165, 1.54) is 12.0 Å². The molecule has 108 valence electrons. The molecule has 1 aliphatic rings. The van der Waals surface area contributed by atoms with Gasteiger partial charge >= 0.3 is 0 Å². The summed E-state index contributed by atoms with van der Waals surface area (Å²) < 4.78 is 5.79. The largest absolute Gasteiger partial charge is 0.437 e. The first-order valence-corrected chi connectivity index (χ1v) is 7.53. The zero-order valence-electron chi connectivity index (χ0n) is 11.3. The number of nitrogens with two attached hydrogens (primary N) is 1. The van der Waals surface area contributed by atoms with Crippen LogP contribution >= 0.6 is 23.8 Å². The van der Waals surface area contributed by atoms with E-state index in [4.69, 9.17) is 34.3 Å². The van der Waals surface area contributed by atoms with Gasteiger partial charge in [-0.1, -0.05) is 23.8 Å². The van der Waals surface area contributed by atoms with Crippen molar-refractivity contribution in [1.29, 1.82) is 0 Å². The second-order valence-electron chi connectivity index (χ2n) is 4.96. The molecular weight excluding hydrogens is 306 g/mol. The fourth-order valence-electron chi connectivity index (χ4n) is 2.43. The first-order valence-electron chi connectivity index (χ1n) is 6.74. The predicted octanol–water partition coefficient (Wildman–Crippen LogP) is 3.44. The summed E-state index contributed by atoms with van der Waals surface area (Å²) in [4.78, 5) is 8.87. The minimum absolute atomic E-state index is 0.279. The van der Waals surface area contributed by atoms with Gasteiger partial charge in [0.05, 0.1) is 16.8 Å². The Bertz CT molecular complexity index is 705. The molecule has 0 aliphatic heterocycles. The summed E-state index contributed by atoms with van der Waals surface area (Å²) in [5.74, 6) is 0.940. The summed E-state index contributed by atoms with van der Waals surface area (Å²) in [7, 11) is 0. The molecule has 0 fully saturated rings. The van der Waals surface area contributed by atoms with E-state index in [1.807, 2.05) is 6.07 Å². The molecule has 0 saturated heterocycles. The molecule has 0 amide bonds. The van der Waals surface area contributed by atoms with E-state index in [1.54, 1.807) is 18.5 Å². The van der Waals surface area contributed by atoms with Gasteiger partial charge in [-0.2, -0.15) is 0 Å². The normalized spacial score (nSPS) is 13.6. The van der Waals surface area contributed by atoms with Gasteiger partial charge < -0.3 is 10.5 Å². The van der Waals surface area contributed by atoms with Crippen molar-refractivity contribution in [2.45, 2.75) is 25.7 Å². The van der Waals surface area contributed by atoms with Gasteiger partial charge in [-0.15, -0.1) is 0 Å². The minimum Gasteiger partial charge on any atom is -0.437 e. The van der Waals surface area contributed by atoms with Gasteiger partial charge in [-0.3, -0.25) is 4.98 Å². The number of halogens is 1. The summed E-state index contributed by atoms with van der Waals surface area (Å²) in [5.41, 5.74) is 8.73. The lowest BCUT2D eigenvalue weighted by molar-refractivity contribution is 0.455. The van der Waals surface area contributed by atoms with Crippen LogP contribution in [0.25, 0.3) is 0 Å². The summed E-state index contributed by atoms with van der Waals surface area (Å²) in [5, 5.41) is 0.502. The maximum Gasteiger partial charge on any atom is 0.229 e. The highest BCUT2D eigenvalue weighted by Crippen LogP contribution is 2.29. The van der Waals surface area contributed by atoms with E-state index in [2.05, 4.69) is 9.97 Å². The van der Waals surface area contributed by atoms with Crippen LogP contribution in [0.15, 0.2) is 24.5 Å². The monoisotopic (exact) mass is 319 g/mol. The number of aromatic nitrogens is 2. The van der Waals surface area contributed by atoms with Crippen LogP contribution in [0.2, 0.25) is 5.02 Å². The number of thiocarbonyl (C=S) groups is 1. The number of aryl methyl sites for hydroxylation is 2. The standard InChI is InChI=1S/C15H14ClN3OS/c16-10-6-11(8-18-7-10)20-15-12(14(17)21)5-9-3-1-2-4-13(9)19-15/h5-8H,1-4H2,(H2,17,21). The molecule has 4 nitrogen and oxygen atoms in total. The molecule has 0 bridgehead atoms. The Morgan fingerprint density at radius 3 is 2.81 bits per heavy atom. The molecule has 3 rings (SSSR count). The third kappa shape index (κ3) is 3.14. The van der Waals surface area contributed by atoms with Crippen LogP contribution in [0.5, 0.6) is 11.6 Å². The quantitative estimate of drug-likeness (QED) is 0.878. The van der Waals surface area contributed by atoms with E-state index in [0.717, 1.165) is 25.0 Å². The third-order valence-corrected chi connectivity index (χ3v) is 3.85. The maximum atomic E-state index is 5.92. The Kier molecular flexibility index (Phi) is 4.03. The van der Waals surface area contributed by atoms with Gasteiger partial charge in [0.2, 0.25) is 5.88 Å². The molecule has 0 spiro atoms. The van der Waals surface area contributed by atoms with Crippen LogP contribution in [0, 0.1) is 0 Å². The van der Waals surface area contributed by atoms with Crippen molar-refractivity contribution in [3.8, 4) is 11.6 Å². The Hall–Kier alpha value is -1.72. The van der Waals surface area contributed by atoms with Gasteiger partial charge in [-0.25, -0.2) is 4.98 Å². The van der Waals surface area contributed by atoms with Crippen molar-refractivity contribution in [2.75, 3.05) is 0 Å².